The number of rotatable bonds is 6. The highest BCUT2D eigenvalue weighted by atomic mass is 16.6. The van der Waals surface area contributed by atoms with Crippen LogP contribution in [-0.4, -0.2) is 17.3 Å². The Kier molecular flexibility index (Phi) is 5.65. The summed E-state index contributed by atoms with van der Waals surface area (Å²) in [5.74, 6) is 0. The predicted octanol–water partition coefficient (Wildman–Crippen LogP) is 2.68. The lowest BCUT2D eigenvalue weighted by Crippen LogP contribution is -2.28. The van der Waals surface area contributed by atoms with E-state index in [1.54, 1.807) is 0 Å². The maximum atomic E-state index is 10.9. The Hall–Kier alpha value is -1.55. The van der Waals surface area contributed by atoms with E-state index in [0.29, 0.717) is 6.42 Å². The van der Waals surface area contributed by atoms with Crippen molar-refractivity contribution in [1.82, 2.24) is 0 Å². The minimum absolute atomic E-state index is 0.580. The molecule has 2 unspecified atom stereocenters. The van der Waals surface area contributed by atoms with Gasteiger partial charge in [0.2, 0.25) is 0 Å². The zero-order valence-electron chi connectivity index (χ0n) is 10.9. The highest BCUT2D eigenvalue weighted by molar-refractivity contribution is 5.64. The molecule has 0 aliphatic heterocycles. The van der Waals surface area contributed by atoms with Crippen molar-refractivity contribution in [2.75, 3.05) is 0 Å². The first-order valence-corrected chi connectivity index (χ1v) is 6.26. The maximum absolute atomic E-state index is 10.9. The molecule has 0 saturated carbocycles. The second kappa shape index (κ2) is 7.01. The fourth-order valence-electron chi connectivity index (χ4n) is 1.95. The van der Waals surface area contributed by atoms with Crippen molar-refractivity contribution in [2.24, 2.45) is 5.73 Å². The van der Waals surface area contributed by atoms with Crippen LogP contribution in [0.2, 0.25) is 0 Å². The van der Waals surface area contributed by atoms with Gasteiger partial charge in [-0.3, -0.25) is 0 Å². The number of ether oxygens (including phenoxy) is 1. The Labute approximate surface area is 108 Å². The number of carbonyl (C=O) groups excluding carboxylic acids is 1. The highest BCUT2D eigenvalue weighted by Crippen LogP contribution is 2.25. The molecule has 0 spiro atoms. The highest BCUT2D eigenvalue weighted by Gasteiger charge is 2.24. The number of benzene rings is 1. The lowest BCUT2D eigenvalue weighted by atomic mass is 9.96. The number of amides is 1. The number of primary amides is 1. The third-order valence-corrected chi connectivity index (χ3v) is 2.97. The zero-order chi connectivity index (χ0) is 13.5. The molecule has 1 amide bonds. The van der Waals surface area contributed by atoms with Gasteiger partial charge < -0.3 is 15.6 Å². The van der Waals surface area contributed by atoms with Gasteiger partial charge in [-0.25, -0.2) is 4.79 Å². The van der Waals surface area contributed by atoms with Gasteiger partial charge in [0.1, 0.15) is 12.2 Å². The van der Waals surface area contributed by atoms with Gasteiger partial charge in [0.05, 0.1) is 0 Å². The topological polar surface area (TPSA) is 72.5 Å². The maximum Gasteiger partial charge on any atom is 0.404 e. The van der Waals surface area contributed by atoms with E-state index in [2.05, 4.69) is 0 Å². The average Bonchev–Trinajstić information content (AvgIpc) is 2.34. The van der Waals surface area contributed by atoms with Crippen LogP contribution in [-0.2, 0) is 4.74 Å². The fraction of sp³-hybridized carbons (Fsp3) is 0.500. The molecule has 1 aromatic rings. The molecule has 0 saturated heterocycles. The third kappa shape index (κ3) is 4.04. The van der Waals surface area contributed by atoms with E-state index in [-0.39, 0.29) is 0 Å². The molecule has 0 aliphatic rings. The van der Waals surface area contributed by atoms with Crippen LogP contribution in [0.4, 0.5) is 4.79 Å². The van der Waals surface area contributed by atoms with Gasteiger partial charge in [0.15, 0.2) is 0 Å². The van der Waals surface area contributed by atoms with Crippen LogP contribution in [0.15, 0.2) is 24.3 Å². The number of aliphatic hydroxyl groups is 1. The van der Waals surface area contributed by atoms with Crippen molar-refractivity contribution in [3.63, 3.8) is 0 Å². The van der Waals surface area contributed by atoms with E-state index in [9.17, 15) is 9.90 Å². The van der Waals surface area contributed by atoms with Crippen molar-refractivity contribution >= 4 is 6.09 Å². The van der Waals surface area contributed by atoms with Crippen LogP contribution in [0.3, 0.4) is 0 Å². The van der Waals surface area contributed by atoms with E-state index in [1.165, 1.54) is 0 Å². The SMILES string of the molecule is CCCCC(OC(N)=O)C(O)c1ccccc1C. The first-order chi connectivity index (χ1) is 8.56. The van der Waals surface area contributed by atoms with Crippen LogP contribution in [0.25, 0.3) is 0 Å². The molecule has 0 bridgehead atoms. The van der Waals surface area contributed by atoms with Crippen molar-refractivity contribution in [1.29, 1.82) is 0 Å². The monoisotopic (exact) mass is 251 g/mol. The molecule has 4 nitrogen and oxygen atoms in total. The summed E-state index contributed by atoms with van der Waals surface area (Å²) >= 11 is 0. The summed E-state index contributed by atoms with van der Waals surface area (Å²) in [6, 6.07) is 7.51. The Morgan fingerprint density at radius 3 is 2.67 bits per heavy atom. The minimum Gasteiger partial charge on any atom is -0.443 e. The van der Waals surface area contributed by atoms with Crippen molar-refractivity contribution in [3.8, 4) is 0 Å². The quantitative estimate of drug-likeness (QED) is 0.816. The number of carbonyl (C=O) groups is 1. The van der Waals surface area contributed by atoms with Crippen LogP contribution in [0.1, 0.15) is 43.4 Å². The van der Waals surface area contributed by atoms with Crippen molar-refractivity contribution in [2.45, 2.75) is 45.3 Å². The van der Waals surface area contributed by atoms with Crippen LogP contribution >= 0.6 is 0 Å². The van der Waals surface area contributed by atoms with E-state index >= 15 is 0 Å². The number of aliphatic hydroxyl groups excluding tert-OH is 1. The van der Waals surface area contributed by atoms with Crippen LogP contribution in [0.5, 0.6) is 0 Å². The van der Waals surface area contributed by atoms with Gasteiger partial charge in [0.25, 0.3) is 0 Å². The molecule has 0 aliphatic carbocycles. The van der Waals surface area contributed by atoms with Gasteiger partial charge in [-0.15, -0.1) is 0 Å². The lowest BCUT2D eigenvalue weighted by molar-refractivity contribution is -0.000593. The van der Waals surface area contributed by atoms with Crippen molar-refractivity contribution < 1.29 is 14.6 Å². The summed E-state index contributed by atoms with van der Waals surface area (Å²) in [5, 5.41) is 10.3. The summed E-state index contributed by atoms with van der Waals surface area (Å²) in [5.41, 5.74) is 6.80. The zero-order valence-corrected chi connectivity index (χ0v) is 10.9. The lowest BCUT2D eigenvalue weighted by Gasteiger charge is -2.23. The predicted molar refractivity (Wildman–Crippen MR) is 70.1 cm³/mol. The smallest absolute Gasteiger partial charge is 0.404 e. The number of aryl methyl sites for hydroxylation is 1. The summed E-state index contributed by atoms with van der Waals surface area (Å²) < 4.78 is 5.01. The Bertz CT molecular complexity index is 392. The average molecular weight is 251 g/mol. The van der Waals surface area contributed by atoms with Crippen LogP contribution < -0.4 is 5.73 Å². The Balaban J connectivity index is 2.83. The normalized spacial score (nSPS) is 13.9. The minimum atomic E-state index is -0.844. The second-order valence-electron chi connectivity index (χ2n) is 4.42. The van der Waals surface area contributed by atoms with Gasteiger partial charge in [0, 0.05) is 0 Å². The molecule has 0 aromatic heterocycles. The standard InChI is InChI=1S/C14H21NO3/c1-3-4-9-12(18-14(15)17)13(16)11-8-6-5-7-10(11)2/h5-8,12-13,16H,3-4,9H2,1-2H3,(H2,15,17). The molecular formula is C14H21NO3. The molecule has 0 fully saturated rings. The molecular weight excluding hydrogens is 230 g/mol. The molecule has 100 valence electrons. The number of hydrogen-bond donors (Lipinski definition) is 2. The molecule has 1 rings (SSSR count). The Morgan fingerprint density at radius 2 is 2.11 bits per heavy atom. The van der Waals surface area contributed by atoms with E-state index < -0.39 is 18.3 Å². The molecule has 2 atom stereocenters. The van der Waals surface area contributed by atoms with Gasteiger partial charge in [-0.1, -0.05) is 37.6 Å². The summed E-state index contributed by atoms with van der Waals surface area (Å²) in [6.45, 7) is 3.96. The van der Waals surface area contributed by atoms with E-state index in [4.69, 9.17) is 10.5 Å². The first kappa shape index (κ1) is 14.5. The first-order valence-electron chi connectivity index (χ1n) is 6.26. The van der Waals surface area contributed by atoms with Gasteiger partial charge in [-0.2, -0.15) is 0 Å². The third-order valence-electron chi connectivity index (χ3n) is 2.97. The number of unbranched alkanes of at least 4 members (excludes halogenated alkanes) is 1. The summed E-state index contributed by atoms with van der Waals surface area (Å²) in [6.07, 6.45) is 0.201. The fourth-order valence-corrected chi connectivity index (χ4v) is 1.95. The summed E-state index contributed by atoms with van der Waals surface area (Å²) in [7, 11) is 0. The largest absolute Gasteiger partial charge is 0.443 e. The summed E-state index contributed by atoms with van der Waals surface area (Å²) in [4.78, 5) is 10.9. The van der Waals surface area contributed by atoms with Gasteiger partial charge >= 0.3 is 6.09 Å². The number of nitrogens with two attached hydrogens (primary N) is 1. The second-order valence-corrected chi connectivity index (χ2v) is 4.42. The Morgan fingerprint density at radius 1 is 1.44 bits per heavy atom. The van der Waals surface area contributed by atoms with E-state index in [1.807, 2.05) is 38.1 Å². The molecule has 18 heavy (non-hydrogen) atoms. The molecule has 0 radical (unpaired) electrons. The van der Waals surface area contributed by atoms with E-state index in [0.717, 1.165) is 24.0 Å². The number of hydrogen-bond acceptors (Lipinski definition) is 3. The van der Waals surface area contributed by atoms with Gasteiger partial charge in [-0.05, 0) is 30.9 Å². The molecule has 0 heterocycles. The molecule has 4 heteroatoms. The van der Waals surface area contributed by atoms with Crippen molar-refractivity contribution in [3.05, 3.63) is 35.4 Å². The molecule has 1 aromatic carbocycles. The molecule has 3 N–H and O–H groups in total. The van der Waals surface area contributed by atoms with Crippen LogP contribution in [0, 0.1) is 6.92 Å².